The second-order valence-electron chi connectivity index (χ2n) is 5.84. The Morgan fingerprint density at radius 1 is 1.45 bits per heavy atom. The molecular formula is C15H25N3O2. The van der Waals surface area contributed by atoms with E-state index in [0.717, 1.165) is 32.5 Å². The van der Waals surface area contributed by atoms with Gasteiger partial charge in [0.25, 0.3) is 5.91 Å². The summed E-state index contributed by atoms with van der Waals surface area (Å²) in [5, 5.41) is 7.07. The lowest BCUT2D eigenvalue weighted by Gasteiger charge is -2.31. The van der Waals surface area contributed by atoms with Crippen molar-refractivity contribution in [1.82, 2.24) is 15.4 Å². The van der Waals surface area contributed by atoms with Crippen molar-refractivity contribution in [3.8, 4) is 0 Å². The van der Waals surface area contributed by atoms with Gasteiger partial charge in [-0.3, -0.25) is 4.79 Å². The summed E-state index contributed by atoms with van der Waals surface area (Å²) in [5.41, 5.74) is 1.30. The molecule has 112 valence electrons. The van der Waals surface area contributed by atoms with Crippen LogP contribution in [0, 0.1) is 6.92 Å². The van der Waals surface area contributed by atoms with Crippen LogP contribution in [-0.2, 0) is 0 Å². The predicted octanol–water partition coefficient (Wildman–Crippen LogP) is 2.32. The summed E-state index contributed by atoms with van der Waals surface area (Å²) < 4.78 is 5.28. The Morgan fingerprint density at radius 3 is 2.65 bits per heavy atom. The van der Waals surface area contributed by atoms with Gasteiger partial charge in [-0.1, -0.05) is 25.9 Å². The van der Waals surface area contributed by atoms with E-state index in [0.29, 0.717) is 17.0 Å². The van der Waals surface area contributed by atoms with Gasteiger partial charge in [-0.15, -0.1) is 0 Å². The van der Waals surface area contributed by atoms with E-state index < -0.39 is 0 Å². The van der Waals surface area contributed by atoms with Gasteiger partial charge in [-0.05, 0) is 26.3 Å². The first kappa shape index (κ1) is 15.0. The van der Waals surface area contributed by atoms with Gasteiger partial charge in [0.15, 0.2) is 5.76 Å². The minimum atomic E-state index is -0.0394. The number of piperidine rings is 1. The summed E-state index contributed by atoms with van der Waals surface area (Å²) in [7, 11) is 0. The van der Waals surface area contributed by atoms with E-state index in [1.54, 1.807) is 0 Å². The standard InChI is InChI=1S/C15H25N3O2/c1-5-18-8-6-12(7-9-18)16-15(19)13-11(4)17-20-14(13)10(2)3/h10,12H,5-9H2,1-4H3,(H,16,19). The Hall–Kier alpha value is -1.36. The van der Waals surface area contributed by atoms with Crippen LogP contribution >= 0.6 is 0 Å². The fourth-order valence-electron chi connectivity index (χ4n) is 2.71. The van der Waals surface area contributed by atoms with E-state index in [9.17, 15) is 4.79 Å². The van der Waals surface area contributed by atoms with Crippen LogP contribution in [0.5, 0.6) is 0 Å². The van der Waals surface area contributed by atoms with E-state index in [4.69, 9.17) is 4.52 Å². The van der Waals surface area contributed by atoms with Gasteiger partial charge in [0.2, 0.25) is 0 Å². The molecule has 1 aliphatic rings. The highest BCUT2D eigenvalue weighted by Crippen LogP contribution is 2.22. The number of nitrogens with one attached hydrogen (secondary N) is 1. The Morgan fingerprint density at radius 2 is 2.10 bits per heavy atom. The van der Waals surface area contributed by atoms with Crippen LogP contribution in [0.25, 0.3) is 0 Å². The number of hydrogen-bond acceptors (Lipinski definition) is 4. The summed E-state index contributed by atoms with van der Waals surface area (Å²) >= 11 is 0. The molecule has 5 nitrogen and oxygen atoms in total. The molecule has 0 unspecified atom stereocenters. The molecule has 1 fully saturated rings. The monoisotopic (exact) mass is 279 g/mol. The molecule has 0 radical (unpaired) electrons. The molecule has 1 aliphatic heterocycles. The van der Waals surface area contributed by atoms with Crippen LogP contribution in [-0.4, -0.2) is 41.6 Å². The van der Waals surface area contributed by atoms with Gasteiger partial charge >= 0.3 is 0 Å². The van der Waals surface area contributed by atoms with Crippen molar-refractivity contribution in [3.63, 3.8) is 0 Å². The molecule has 1 saturated heterocycles. The highest BCUT2D eigenvalue weighted by molar-refractivity contribution is 5.96. The summed E-state index contributed by atoms with van der Waals surface area (Å²) in [5.74, 6) is 0.812. The molecular weight excluding hydrogens is 254 g/mol. The smallest absolute Gasteiger partial charge is 0.257 e. The first-order valence-corrected chi connectivity index (χ1v) is 7.52. The molecule has 1 aromatic rings. The maximum atomic E-state index is 12.4. The number of rotatable bonds is 4. The quantitative estimate of drug-likeness (QED) is 0.919. The zero-order valence-corrected chi connectivity index (χ0v) is 12.9. The maximum Gasteiger partial charge on any atom is 0.257 e. The number of aromatic nitrogens is 1. The number of aryl methyl sites for hydroxylation is 1. The van der Waals surface area contributed by atoms with Gasteiger partial charge < -0.3 is 14.7 Å². The predicted molar refractivity (Wildman–Crippen MR) is 77.9 cm³/mol. The van der Waals surface area contributed by atoms with Gasteiger partial charge in [0, 0.05) is 25.0 Å². The molecule has 1 amide bonds. The van der Waals surface area contributed by atoms with E-state index in [1.807, 2.05) is 20.8 Å². The Labute approximate surface area is 120 Å². The van der Waals surface area contributed by atoms with Crippen LogP contribution in [0.15, 0.2) is 4.52 Å². The molecule has 2 heterocycles. The summed E-state index contributed by atoms with van der Waals surface area (Å²) in [6.45, 7) is 11.2. The third kappa shape index (κ3) is 3.20. The van der Waals surface area contributed by atoms with Crippen LogP contribution in [0.4, 0.5) is 0 Å². The lowest BCUT2D eigenvalue weighted by molar-refractivity contribution is 0.0909. The number of amides is 1. The van der Waals surface area contributed by atoms with Gasteiger partial charge in [0.1, 0.15) is 5.56 Å². The van der Waals surface area contributed by atoms with Gasteiger partial charge in [-0.2, -0.15) is 0 Å². The zero-order chi connectivity index (χ0) is 14.7. The molecule has 0 atom stereocenters. The second kappa shape index (κ2) is 6.39. The zero-order valence-electron chi connectivity index (χ0n) is 12.9. The normalized spacial score (nSPS) is 17.6. The number of carbonyl (C=O) groups is 1. The highest BCUT2D eigenvalue weighted by Gasteiger charge is 2.26. The number of hydrogen-bond donors (Lipinski definition) is 1. The molecule has 0 aliphatic carbocycles. The molecule has 20 heavy (non-hydrogen) atoms. The largest absolute Gasteiger partial charge is 0.360 e. The molecule has 0 bridgehead atoms. The van der Waals surface area contributed by atoms with Crippen LogP contribution in [0.2, 0.25) is 0 Å². The van der Waals surface area contributed by atoms with E-state index in [-0.39, 0.29) is 17.9 Å². The first-order valence-electron chi connectivity index (χ1n) is 7.52. The Balaban J connectivity index is 2.01. The van der Waals surface area contributed by atoms with Crippen LogP contribution in [0.3, 0.4) is 0 Å². The molecule has 0 spiro atoms. The Kier molecular flexibility index (Phi) is 4.81. The lowest BCUT2D eigenvalue weighted by Crippen LogP contribution is -2.44. The lowest BCUT2D eigenvalue weighted by atomic mass is 10.0. The van der Waals surface area contributed by atoms with Crippen molar-refractivity contribution < 1.29 is 9.32 Å². The average molecular weight is 279 g/mol. The first-order chi connectivity index (χ1) is 9.52. The van der Waals surface area contributed by atoms with Gasteiger partial charge in [-0.25, -0.2) is 0 Å². The third-order valence-electron chi connectivity index (χ3n) is 4.01. The number of carbonyl (C=O) groups excluding carboxylic acids is 1. The molecule has 1 N–H and O–H groups in total. The van der Waals surface area contributed by atoms with E-state index in [1.165, 1.54) is 0 Å². The molecule has 0 aromatic carbocycles. The van der Waals surface area contributed by atoms with E-state index >= 15 is 0 Å². The summed E-state index contributed by atoms with van der Waals surface area (Å²) in [4.78, 5) is 14.9. The topological polar surface area (TPSA) is 58.4 Å². The van der Waals surface area contributed by atoms with Crippen molar-refractivity contribution in [1.29, 1.82) is 0 Å². The molecule has 1 aromatic heterocycles. The van der Waals surface area contributed by atoms with Crippen molar-refractivity contribution in [2.75, 3.05) is 19.6 Å². The number of likely N-dealkylation sites (tertiary alicyclic amines) is 1. The maximum absolute atomic E-state index is 12.4. The fourth-order valence-corrected chi connectivity index (χ4v) is 2.71. The highest BCUT2D eigenvalue weighted by atomic mass is 16.5. The van der Waals surface area contributed by atoms with Crippen LogP contribution in [0.1, 0.15) is 61.3 Å². The van der Waals surface area contributed by atoms with Crippen LogP contribution < -0.4 is 5.32 Å². The Bertz CT molecular complexity index is 460. The molecule has 0 saturated carbocycles. The van der Waals surface area contributed by atoms with E-state index in [2.05, 4.69) is 22.3 Å². The molecule has 2 rings (SSSR count). The average Bonchev–Trinajstić information content (AvgIpc) is 2.81. The van der Waals surface area contributed by atoms with Crippen molar-refractivity contribution in [2.24, 2.45) is 0 Å². The second-order valence-corrected chi connectivity index (χ2v) is 5.84. The fraction of sp³-hybridized carbons (Fsp3) is 0.733. The number of nitrogens with zero attached hydrogens (tertiary/aromatic N) is 2. The summed E-state index contributed by atoms with van der Waals surface area (Å²) in [6.07, 6.45) is 2.03. The SMILES string of the molecule is CCN1CCC(NC(=O)c2c(C)noc2C(C)C)CC1. The molecule has 5 heteroatoms. The van der Waals surface area contributed by atoms with Crippen molar-refractivity contribution >= 4 is 5.91 Å². The minimum Gasteiger partial charge on any atom is -0.360 e. The van der Waals surface area contributed by atoms with Crippen molar-refractivity contribution in [3.05, 3.63) is 17.0 Å². The van der Waals surface area contributed by atoms with Gasteiger partial charge in [0.05, 0.1) is 5.69 Å². The minimum absolute atomic E-state index is 0.0394. The third-order valence-corrected chi connectivity index (χ3v) is 4.01. The summed E-state index contributed by atoms with van der Waals surface area (Å²) in [6, 6.07) is 0.264. The van der Waals surface area contributed by atoms with Crippen molar-refractivity contribution in [2.45, 2.75) is 52.5 Å².